The van der Waals surface area contributed by atoms with Crippen LogP contribution < -0.4 is 5.73 Å². The Hall–Kier alpha value is -0.220. The number of thioether (sulfide) groups is 1. The molecule has 0 spiro atoms. The van der Waals surface area contributed by atoms with Crippen molar-refractivity contribution < 1.29 is 4.79 Å². The van der Waals surface area contributed by atoms with Crippen LogP contribution in [0.2, 0.25) is 0 Å². The summed E-state index contributed by atoms with van der Waals surface area (Å²) in [5, 5.41) is 0. The maximum Gasteiger partial charge on any atom is 0.239 e. The summed E-state index contributed by atoms with van der Waals surface area (Å²) in [5.41, 5.74) is 5.85. The number of nitrogens with two attached hydrogens (primary N) is 1. The average Bonchev–Trinajstić information content (AvgIpc) is 2.22. The third-order valence-corrected chi connectivity index (χ3v) is 3.14. The molecule has 0 bridgehead atoms. The molecule has 0 saturated carbocycles. The first-order valence-corrected chi connectivity index (χ1v) is 6.43. The van der Waals surface area contributed by atoms with E-state index in [2.05, 4.69) is 6.92 Å². The van der Waals surface area contributed by atoms with Crippen LogP contribution in [0.25, 0.3) is 0 Å². The molecule has 0 aromatic rings. The molecule has 3 nitrogen and oxygen atoms in total. The number of hydrogen-bond acceptors (Lipinski definition) is 3. The van der Waals surface area contributed by atoms with E-state index < -0.39 is 0 Å². The van der Waals surface area contributed by atoms with Crippen molar-refractivity contribution in [3.63, 3.8) is 0 Å². The Kier molecular flexibility index (Phi) is 7.01. The van der Waals surface area contributed by atoms with Gasteiger partial charge in [-0.05, 0) is 12.2 Å². The Morgan fingerprint density at radius 2 is 2.14 bits per heavy atom. The molecule has 2 N–H and O–H groups in total. The molecule has 0 aliphatic carbocycles. The number of carbonyl (C=O) groups excluding carboxylic acids is 1. The van der Waals surface area contributed by atoms with E-state index in [4.69, 9.17) is 5.73 Å². The lowest BCUT2D eigenvalue weighted by Gasteiger charge is -2.24. The molecular formula is C10H22N2OS. The molecule has 0 aromatic carbocycles. The summed E-state index contributed by atoms with van der Waals surface area (Å²) in [4.78, 5) is 13.5. The number of carbonyl (C=O) groups is 1. The van der Waals surface area contributed by atoms with Crippen LogP contribution in [0.1, 0.15) is 20.3 Å². The summed E-state index contributed by atoms with van der Waals surface area (Å²) in [5.74, 6) is 1.29. The van der Waals surface area contributed by atoms with Gasteiger partial charge in [0.15, 0.2) is 0 Å². The van der Waals surface area contributed by atoms with Gasteiger partial charge in [0.05, 0.1) is 6.04 Å². The molecule has 0 aliphatic heterocycles. The van der Waals surface area contributed by atoms with E-state index in [0.717, 1.165) is 18.7 Å². The quantitative estimate of drug-likeness (QED) is 0.728. The number of nitrogens with zero attached hydrogens (tertiary/aromatic N) is 1. The topological polar surface area (TPSA) is 46.3 Å². The molecule has 2 atom stereocenters. The Morgan fingerprint density at radius 1 is 1.57 bits per heavy atom. The molecule has 0 rings (SSSR count). The second-order valence-corrected chi connectivity index (χ2v) is 4.65. The van der Waals surface area contributed by atoms with Crippen molar-refractivity contribution in [2.45, 2.75) is 26.3 Å². The highest BCUT2D eigenvalue weighted by Gasteiger charge is 2.22. The van der Waals surface area contributed by atoms with E-state index in [1.54, 1.807) is 16.7 Å². The van der Waals surface area contributed by atoms with E-state index >= 15 is 0 Å². The monoisotopic (exact) mass is 218 g/mol. The lowest BCUT2D eigenvalue weighted by Crippen LogP contribution is -2.46. The molecule has 0 radical (unpaired) electrons. The van der Waals surface area contributed by atoms with Crippen molar-refractivity contribution in [3.05, 3.63) is 0 Å². The van der Waals surface area contributed by atoms with Gasteiger partial charge in [0, 0.05) is 19.3 Å². The third-order valence-electron chi connectivity index (χ3n) is 2.55. The van der Waals surface area contributed by atoms with E-state index in [0.29, 0.717) is 0 Å². The van der Waals surface area contributed by atoms with Crippen LogP contribution in [0, 0.1) is 5.92 Å². The van der Waals surface area contributed by atoms with Gasteiger partial charge in [0.1, 0.15) is 0 Å². The Balaban J connectivity index is 4.03. The van der Waals surface area contributed by atoms with Crippen LogP contribution in [0.15, 0.2) is 0 Å². The second-order valence-electron chi connectivity index (χ2n) is 3.66. The van der Waals surface area contributed by atoms with Gasteiger partial charge in [0.2, 0.25) is 5.91 Å². The largest absolute Gasteiger partial charge is 0.344 e. The van der Waals surface area contributed by atoms with Crippen LogP contribution in [-0.2, 0) is 4.79 Å². The number of likely N-dealkylation sites (N-methyl/N-ethyl adjacent to an activating group) is 1. The number of hydrogen-bond donors (Lipinski definition) is 1. The highest BCUT2D eigenvalue weighted by atomic mass is 32.2. The van der Waals surface area contributed by atoms with Gasteiger partial charge in [-0.25, -0.2) is 0 Å². The minimum Gasteiger partial charge on any atom is -0.344 e. The number of rotatable bonds is 6. The van der Waals surface area contributed by atoms with Gasteiger partial charge >= 0.3 is 0 Å². The number of amides is 1. The van der Waals surface area contributed by atoms with E-state index in [1.165, 1.54) is 0 Å². The van der Waals surface area contributed by atoms with Gasteiger partial charge < -0.3 is 10.6 Å². The molecule has 0 aliphatic rings. The fraction of sp³-hybridized carbons (Fsp3) is 0.900. The summed E-state index contributed by atoms with van der Waals surface area (Å²) < 4.78 is 0. The highest BCUT2D eigenvalue weighted by molar-refractivity contribution is 7.98. The summed E-state index contributed by atoms with van der Waals surface area (Å²) in [6, 6.07) is -0.341. The second kappa shape index (κ2) is 7.12. The maximum atomic E-state index is 11.7. The van der Waals surface area contributed by atoms with Crippen LogP contribution in [0.4, 0.5) is 0 Å². The van der Waals surface area contributed by atoms with Crippen LogP contribution >= 0.6 is 11.8 Å². The molecule has 0 saturated heterocycles. The Morgan fingerprint density at radius 3 is 2.57 bits per heavy atom. The van der Waals surface area contributed by atoms with Crippen molar-refractivity contribution in [1.82, 2.24) is 4.90 Å². The zero-order chi connectivity index (χ0) is 11.1. The lowest BCUT2D eigenvalue weighted by atomic mass is 9.99. The molecular weight excluding hydrogens is 196 g/mol. The van der Waals surface area contributed by atoms with E-state index in [1.807, 2.05) is 20.2 Å². The summed E-state index contributed by atoms with van der Waals surface area (Å²) >= 11 is 1.74. The van der Waals surface area contributed by atoms with Crippen molar-refractivity contribution in [2.24, 2.45) is 11.7 Å². The highest BCUT2D eigenvalue weighted by Crippen LogP contribution is 2.08. The first-order chi connectivity index (χ1) is 6.54. The molecule has 4 heteroatoms. The first kappa shape index (κ1) is 13.8. The van der Waals surface area contributed by atoms with Crippen LogP contribution in [-0.4, -0.2) is 42.4 Å². The first-order valence-electron chi connectivity index (χ1n) is 5.04. The molecule has 0 unspecified atom stereocenters. The molecule has 1 amide bonds. The molecule has 0 heterocycles. The fourth-order valence-corrected chi connectivity index (χ4v) is 1.55. The van der Waals surface area contributed by atoms with Crippen molar-refractivity contribution >= 4 is 17.7 Å². The van der Waals surface area contributed by atoms with Gasteiger partial charge in [0.25, 0.3) is 0 Å². The van der Waals surface area contributed by atoms with Crippen LogP contribution in [0.5, 0.6) is 0 Å². The SMILES string of the molecule is CC[C@@H](C)[C@@H](N)C(=O)N(C)CCSC. The predicted molar refractivity (Wildman–Crippen MR) is 63.4 cm³/mol. The normalized spacial score (nSPS) is 14.9. The zero-order valence-corrected chi connectivity index (χ0v) is 10.4. The van der Waals surface area contributed by atoms with Crippen molar-refractivity contribution in [2.75, 3.05) is 25.6 Å². The average molecular weight is 218 g/mol. The van der Waals surface area contributed by atoms with Gasteiger partial charge in [-0.1, -0.05) is 20.3 Å². The summed E-state index contributed by atoms with van der Waals surface area (Å²) in [6.45, 7) is 4.86. The van der Waals surface area contributed by atoms with E-state index in [-0.39, 0.29) is 17.9 Å². The minimum atomic E-state index is -0.341. The standard InChI is InChI=1S/C10H22N2OS/c1-5-8(2)9(11)10(13)12(3)6-7-14-4/h8-9H,5-7,11H2,1-4H3/t8-,9-/m1/s1. The maximum absolute atomic E-state index is 11.7. The van der Waals surface area contributed by atoms with Gasteiger partial charge in [-0.2, -0.15) is 11.8 Å². The fourth-order valence-electron chi connectivity index (χ4n) is 1.09. The van der Waals surface area contributed by atoms with Gasteiger partial charge in [-0.15, -0.1) is 0 Å². The van der Waals surface area contributed by atoms with Crippen LogP contribution in [0.3, 0.4) is 0 Å². The Labute approximate surface area is 91.4 Å². The van der Waals surface area contributed by atoms with Gasteiger partial charge in [-0.3, -0.25) is 4.79 Å². The van der Waals surface area contributed by atoms with Crippen molar-refractivity contribution in [3.8, 4) is 0 Å². The predicted octanol–water partition coefficient (Wildman–Crippen LogP) is 1.18. The van der Waals surface area contributed by atoms with Crippen molar-refractivity contribution in [1.29, 1.82) is 0 Å². The molecule has 0 aromatic heterocycles. The lowest BCUT2D eigenvalue weighted by molar-refractivity contribution is -0.132. The summed E-state index contributed by atoms with van der Waals surface area (Å²) in [7, 11) is 1.82. The zero-order valence-electron chi connectivity index (χ0n) is 9.62. The summed E-state index contributed by atoms with van der Waals surface area (Å²) in [6.07, 6.45) is 2.98. The molecule has 0 fully saturated rings. The Bertz CT molecular complexity index is 176. The smallest absolute Gasteiger partial charge is 0.239 e. The van der Waals surface area contributed by atoms with E-state index in [9.17, 15) is 4.79 Å². The molecule has 84 valence electrons. The molecule has 14 heavy (non-hydrogen) atoms. The third kappa shape index (κ3) is 4.33. The minimum absolute atomic E-state index is 0.0633.